The largest absolute Gasteiger partial charge is 0.481 e. The van der Waals surface area contributed by atoms with E-state index in [1.807, 2.05) is 6.07 Å². The highest BCUT2D eigenvalue weighted by molar-refractivity contribution is 5.81. The monoisotopic (exact) mass is 312 g/mol. The summed E-state index contributed by atoms with van der Waals surface area (Å²) in [6.45, 7) is 3.13. The topological polar surface area (TPSA) is 53.3 Å². The molecule has 7 heteroatoms. The molecule has 1 atom stereocenters. The number of benzene rings is 1. The van der Waals surface area contributed by atoms with Crippen LogP contribution < -0.4 is 4.74 Å². The third-order valence-electron chi connectivity index (χ3n) is 2.68. The number of amides is 1. The lowest BCUT2D eigenvalue weighted by Crippen LogP contribution is -2.45. The Bertz CT molecular complexity index is 562. The van der Waals surface area contributed by atoms with E-state index in [1.54, 1.807) is 0 Å². The maximum atomic E-state index is 12.5. The van der Waals surface area contributed by atoms with Crippen molar-refractivity contribution in [3.63, 3.8) is 0 Å². The molecule has 0 saturated carbocycles. The molecule has 0 bridgehead atoms. The average Bonchev–Trinajstić information content (AvgIpc) is 2.45. The number of hydrogen-bond donors (Lipinski definition) is 0. The second kappa shape index (κ2) is 7.50. The Morgan fingerprint density at radius 1 is 1.45 bits per heavy atom. The lowest BCUT2D eigenvalue weighted by atomic mass is 10.2. The predicted octanol–water partition coefficient (Wildman–Crippen LogP) is 2.90. The standard InChI is InChI=1S/C15H15F3N2O2/c1-3-8-20(10-15(16,17)18)14(21)11(2)22-13-6-4-12(9-19)5-7-13/h3-7,11H,1,8,10H2,2H3. The molecule has 118 valence electrons. The Balaban J connectivity index is 2.75. The predicted molar refractivity (Wildman–Crippen MR) is 74.1 cm³/mol. The van der Waals surface area contributed by atoms with E-state index < -0.39 is 24.7 Å². The number of carbonyl (C=O) groups excluding carboxylic acids is 1. The van der Waals surface area contributed by atoms with Crippen LogP contribution in [-0.4, -0.2) is 36.2 Å². The molecule has 1 unspecified atom stereocenters. The molecule has 4 nitrogen and oxygen atoms in total. The van der Waals surface area contributed by atoms with Gasteiger partial charge in [-0.3, -0.25) is 4.79 Å². The highest BCUT2D eigenvalue weighted by atomic mass is 19.4. The first-order chi connectivity index (χ1) is 10.3. The minimum atomic E-state index is -4.49. The molecule has 0 N–H and O–H groups in total. The van der Waals surface area contributed by atoms with Crippen LogP contribution in [0.3, 0.4) is 0 Å². The molecule has 1 rings (SSSR count). The number of carbonyl (C=O) groups is 1. The van der Waals surface area contributed by atoms with Crippen LogP contribution in [0.1, 0.15) is 12.5 Å². The van der Waals surface area contributed by atoms with Gasteiger partial charge in [0.05, 0.1) is 11.6 Å². The van der Waals surface area contributed by atoms with E-state index in [1.165, 1.54) is 37.3 Å². The number of rotatable bonds is 6. The minimum absolute atomic E-state index is 0.223. The van der Waals surface area contributed by atoms with Crippen LogP contribution in [0, 0.1) is 11.3 Å². The first-order valence-electron chi connectivity index (χ1n) is 6.40. The van der Waals surface area contributed by atoms with Crippen LogP contribution in [-0.2, 0) is 4.79 Å². The van der Waals surface area contributed by atoms with Crippen LogP contribution in [0.4, 0.5) is 13.2 Å². The van der Waals surface area contributed by atoms with Crippen molar-refractivity contribution in [2.75, 3.05) is 13.1 Å². The molecule has 1 aromatic rings. The summed E-state index contributed by atoms with van der Waals surface area (Å²) in [5.74, 6) is -0.494. The quantitative estimate of drug-likeness (QED) is 0.759. The van der Waals surface area contributed by atoms with Gasteiger partial charge in [-0.1, -0.05) is 6.08 Å². The summed E-state index contributed by atoms with van der Waals surface area (Å²) in [5, 5.41) is 8.67. The zero-order chi connectivity index (χ0) is 16.8. The number of nitrogens with zero attached hydrogens (tertiary/aromatic N) is 2. The molecule has 0 aliphatic carbocycles. The van der Waals surface area contributed by atoms with Crippen LogP contribution in [0.15, 0.2) is 36.9 Å². The normalized spacial score (nSPS) is 12.1. The van der Waals surface area contributed by atoms with Gasteiger partial charge in [0.2, 0.25) is 0 Å². The molecule has 0 spiro atoms. The van der Waals surface area contributed by atoms with Gasteiger partial charge in [-0.2, -0.15) is 18.4 Å². The van der Waals surface area contributed by atoms with E-state index in [0.29, 0.717) is 16.2 Å². The smallest absolute Gasteiger partial charge is 0.406 e. The minimum Gasteiger partial charge on any atom is -0.481 e. The van der Waals surface area contributed by atoms with Crippen molar-refractivity contribution in [3.05, 3.63) is 42.5 Å². The highest BCUT2D eigenvalue weighted by Gasteiger charge is 2.34. The van der Waals surface area contributed by atoms with Gasteiger partial charge in [0.25, 0.3) is 5.91 Å². The van der Waals surface area contributed by atoms with Crippen LogP contribution in [0.25, 0.3) is 0 Å². The summed E-state index contributed by atoms with van der Waals surface area (Å²) >= 11 is 0. The first-order valence-corrected chi connectivity index (χ1v) is 6.40. The van der Waals surface area contributed by atoms with E-state index in [9.17, 15) is 18.0 Å². The molecule has 22 heavy (non-hydrogen) atoms. The molecule has 0 heterocycles. The molecule has 0 radical (unpaired) electrons. The summed E-state index contributed by atoms with van der Waals surface area (Å²) in [5.41, 5.74) is 0.414. The first kappa shape index (κ1) is 17.6. The van der Waals surface area contributed by atoms with Crippen molar-refractivity contribution in [2.24, 2.45) is 0 Å². The summed E-state index contributed by atoms with van der Waals surface area (Å²) < 4.78 is 42.7. The summed E-state index contributed by atoms with van der Waals surface area (Å²) in [7, 11) is 0. The zero-order valence-corrected chi connectivity index (χ0v) is 11.9. The van der Waals surface area contributed by atoms with Gasteiger partial charge in [-0.15, -0.1) is 6.58 Å². The van der Waals surface area contributed by atoms with Crippen molar-refractivity contribution in [1.82, 2.24) is 4.90 Å². The molecule has 0 aromatic heterocycles. The fourth-order valence-corrected chi connectivity index (χ4v) is 1.72. The Morgan fingerprint density at radius 2 is 2.05 bits per heavy atom. The zero-order valence-electron chi connectivity index (χ0n) is 11.9. The van der Waals surface area contributed by atoms with Gasteiger partial charge in [-0.05, 0) is 31.2 Å². The molecular formula is C15H15F3N2O2. The summed E-state index contributed by atoms with van der Waals surface area (Å²) in [4.78, 5) is 12.7. The second-order valence-corrected chi connectivity index (χ2v) is 4.52. The number of ether oxygens (including phenoxy) is 1. The summed E-state index contributed by atoms with van der Waals surface area (Å²) in [6.07, 6.45) is -4.36. The maximum Gasteiger partial charge on any atom is 0.406 e. The molecule has 1 amide bonds. The van der Waals surface area contributed by atoms with Gasteiger partial charge in [0.15, 0.2) is 6.10 Å². The fraction of sp³-hybridized carbons (Fsp3) is 0.333. The highest BCUT2D eigenvalue weighted by Crippen LogP contribution is 2.19. The van der Waals surface area contributed by atoms with Crippen molar-refractivity contribution in [1.29, 1.82) is 5.26 Å². The Kier molecular flexibility index (Phi) is 5.99. The van der Waals surface area contributed by atoms with Gasteiger partial charge in [0, 0.05) is 6.54 Å². The number of halogens is 3. The molecule has 0 aliphatic heterocycles. The molecular weight excluding hydrogens is 297 g/mol. The molecule has 0 saturated heterocycles. The lowest BCUT2D eigenvalue weighted by molar-refractivity contribution is -0.163. The Labute approximate surface area is 126 Å². The number of nitriles is 1. The second-order valence-electron chi connectivity index (χ2n) is 4.52. The van der Waals surface area contributed by atoms with Gasteiger partial charge in [0.1, 0.15) is 12.3 Å². The van der Waals surface area contributed by atoms with Gasteiger partial charge >= 0.3 is 6.18 Å². The maximum absolute atomic E-state index is 12.5. The summed E-state index contributed by atoms with van der Waals surface area (Å²) in [6, 6.07) is 7.86. The van der Waals surface area contributed by atoms with Crippen molar-refractivity contribution in [2.45, 2.75) is 19.2 Å². The average molecular weight is 312 g/mol. The molecule has 0 aliphatic rings. The van der Waals surface area contributed by atoms with Crippen molar-refractivity contribution in [3.8, 4) is 11.8 Å². The van der Waals surface area contributed by atoms with Crippen LogP contribution in [0.5, 0.6) is 5.75 Å². The van der Waals surface area contributed by atoms with Crippen molar-refractivity contribution >= 4 is 5.91 Å². The third-order valence-corrected chi connectivity index (χ3v) is 2.68. The number of alkyl halides is 3. The fourth-order valence-electron chi connectivity index (χ4n) is 1.72. The van der Waals surface area contributed by atoms with Gasteiger partial charge in [-0.25, -0.2) is 0 Å². The SMILES string of the molecule is C=CCN(CC(F)(F)F)C(=O)C(C)Oc1ccc(C#N)cc1. The Hall–Kier alpha value is -2.49. The van der Waals surface area contributed by atoms with Gasteiger partial charge < -0.3 is 9.64 Å². The van der Waals surface area contributed by atoms with E-state index in [2.05, 4.69) is 6.58 Å². The molecule has 1 aromatic carbocycles. The third kappa shape index (κ3) is 5.48. The van der Waals surface area contributed by atoms with Crippen LogP contribution >= 0.6 is 0 Å². The van der Waals surface area contributed by atoms with E-state index in [0.717, 1.165) is 0 Å². The van der Waals surface area contributed by atoms with Crippen molar-refractivity contribution < 1.29 is 22.7 Å². The van der Waals surface area contributed by atoms with E-state index >= 15 is 0 Å². The Morgan fingerprint density at radius 3 is 2.50 bits per heavy atom. The number of hydrogen-bond acceptors (Lipinski definition) is 3. The molecule has 0 fully saturated rings. The lowest BCUT2D eigenvalue weighted by Gasteiger charge is -2.25. The van der Waals surface area contributed by atoms with E-state index in [4.69, 9.17) is 10.00 Å². The van der Waals surface area contributed by atoms with Crippen LogP contribution in [0.2, 0.25) is 0 Å². The van der Waals surface area contributed by atoms with E-state index in [-0.39, 0.29) is 6.54 Å².